The van der Waals surface area contributed by atoms with Crippen LogP contribution in [-0.2, 0) is 0 Å². The van der Waals surface area contributed by atoms with Crippen molar-refractivity contribution in [2.75, 3.05) is 0 Å². The second kappa shape index (κ2) is 5.25. The van der Waals surface area contributed by atoms with Crippen LogP contribution in [0.3, 0.4) is 0 Å². The highest BCUT2D eigenvalue weighted by Gasteiger charge is 2.16. The van der Waals surface area contributed by atoms with Crippen LogP contribution in [-0.4, -0.2) is 4.98 Å². The largest absolute Gasteiger partial charge is 0.271 e. The van der Waals surface area contributed by atoms with Crippen molar-refractivity contribution in [3.8, 4) is 0 Å². The van der Waals surface area contributed by atoms with Crippen LogP contribution in [0.1, 0.15) is 31.9 Å². The molecule has 0 spiro atoms. The van der Waals surface area contributed by atoms with Gasteiger partial charge in [-0.2, -0.15) is 0 Å². The highest BCUT2D eigenvalue weighted by molar-refractivity contribution is 5.78. The minimum atomic E-state index is 0.164. The number of para-hydroxylation sites is 1. The lowest BCUT2D eigenvalue weighted by atomic mass is 9.93. The molecule has 2 atom stereocenters. The molecule has 3 N–H and O–H groups in total. The number of benzene rings is 1. The predicted molar refractivity (Wildman–Crippen MR) is 71.3 cm³/mol. The van der Waals surface area contributed by atoms with Crippen molar-refractivity contribution in [1.29, 1.82) is 0 Å². The summed E-state index contributed by atoms with van der Waals surface area (Å²) in [6.07, 6.45) is 3.00. The van der Waals surface area contributed by atoms with E-state index in [-0.39, 0.29) is 6.04 Å². The Bertz CT molecular complexity index is 496. The Kier molecular flexibility index (Phi) is 3.71. The van der Waals surface area contributed by atoms with Gasteiger partial charge in [0.15, 0.2) is 0 Å². The first-order valence-corrected chi connectivity index (χ1v) is 6.07. The third kappa shape index (κ3) is 2.46. The van der Waals surface area contributed by atoms with Gasteiger partial charge in [-0.05, 0) is 23.6 Å². The maximum Gasteiger partial charge on any atom is 0.0702 e. The van der Waals surface area contributed by atoms with Gasteiger partial charge in [-0.1, -0.05) is 38.5 Å². The minimum absolute atomic E-state index is 0.164. The van der Waals surface area contributed by atoms with Crippen LogP contribution < -0.4 is 11.3 Å². The Morgan fingerprint density at radius 2 is 2.12 bits per heavy atom. The van der Waals surface area contributed by atoms with Gasteiger partial charge < -0.3 is 0 Å². The normalized spacial score (nSPS) is 14.8. The minimum Gasteiger partial charge on any atom is -0.271 e. The van der Waals surface area contributed by atoms with E-state index in [9.17, 15) is 0 Å². The van der Waals surface area contributed by atoms with Crippen LogP contribution in [0.25, 0.3) is 10.9 Å². The summed E-state index contributed by atoms with van der Waals surface area (Å²) < 4.78 is 0. The zero-order valence-electron chi connectivity index (χ0n) is 10.4. The number of nitrogens with one attached hydrogen (secondary N) is 1. The summed E-state index contributed by atoms with van der Waals surface area (Å²) in [7, 11) is 0. The van der Waals surface area contributed by atoms with E-state index in [0.717, 1.165) is 22.9 Å². The Balaban J connectivity index is 2.40. The SMILES string of the molecule is CCC(C)C(NN)c1cnc2ccccc2c1. The smallest absolute Gasteiger partial charge is 0.0702 e. The third-order valence-corrected chi connectivity index (χ3v) is 3.36. The number of nitrogens with zero attached hydrogens (tertiary/aromatic N) is 1. The highest BCUT2D eigenvalue weighted by Crippen LogP contribution is 2.25. The monoisotopic (exact) mass is 229 g/mol. The first kappa shape index (κ1) is 12.0. The van der Waals surface area contributed by atoms with Crippen LogP contribution in [0.5, 0.6) is 0 Å². The van der Waals surface area contributed by atoms with Crippen LogP contribution in [0.15, 0.2) is 36.5 Å². The third-order valence-electron chi connectivity index (χ3n) is 3.36. The Labute approximate surface area is 102 Å². The van der Waals surface area contributed by atoms with Gasteiger partial charge in [0, 0.05) is 11.6 Å². The van der Waals surface area contributed by atoms with E-state index < -0.39 is 0 Å². The van der Waals surface area contributed by atoms with E-state index in [1.54, 1.807) is 0 Å². The zero-order valence-corrected chi connectivity index (χ0v) is 10.4. The van der Waals surface area contributed by atoms with Crippen molar-refractivity contribution < 1.29 is 0 Å². The fraction of sp³-hybridized carbons (Fsp3) is 0.357. The number of aromatic nitrogens is 1. The number of hydrogen-bond donors (Lipinski definition) is 2. The fourth-order valence-corrected chi connectivity index (χ4v) is 2.08. The average molecular weight is 229 g/mol. The summed E-state index contributed by atoms with van der Waals surface area (Å²) in [5, 5.41) is 1.16. The van der Waals surface area contributed by atoms with E-state index in [4.69, 9.17) is 5.84 Å². The molecule has 0 aliphatic heterocycles. The predicted octanol–water partition coefficient (Wildman–Crippen LogP) is 2.79. The Morgan fingerprint density at radius 1 is 1.35 bits per heavy atom. The lowest BCUT2D eigenvalue weighted by Crippen LogP contribution is -2.32. The van der Waals surface area contributed by atoms with E-state index in [1.165, 1.54) is 0 Å². The number of hydrazine groups is 1. The molecule has 2 unspecified atom stereocenters. The quantitative estimate of drug-likeness (QED) is 0.626. The molecule has 0 aliphatic carbocycles. The molecule has 1 aromatic carbocycles. The van der Waals surface area contributed by atoms with Crippen molar-refractivity contribution in [3.63, 3.8) is 0 Å². The summed E-state index contributed by atoms with van der Waals surface area (Å²) in [6, 6.07) is 10.5. The second-order valence-corrected chi connectivity index (χ2v) is 4.49. The molecule has 2 aromatic rings. The fourth-order valence-electron chi connectivity index (χ4n) is 2.08. The van der Waals surface area contributed by atoms with Crippen molar-refractivity contribution in [2.45, 2.75) is 26.3 Å². The summed E-state index contributed by atoms with van der Waals surface area (Å²) in [5.41, 5.74) is 5.07. The number of hydrogen-bond acceptors (Lipinski definition) is 3. The van der Waals surface area contributed by atoms with Crippen LogP contribution in [0, 0.1) is 5.92 Å². The molecule has 0 saturated carbocycles. The second-order valence-electron chi connectivity index (χ2n) is 4.49. The van der Waals surface area contributed by atoms with Crippen molar-refractivity contribution in [2.24, 2.45) is 11.8 Å². The van der Waals surface area contributed by atoms with Gasteiger partial charge in [-0.15, -0.1) is 0 Å². The van der Waals surface area contributed by atoms with Gasteiger partial charge in [0.2, 0.25) is 0 Å². The lowest BCUT2D eigenvalue weighted by Gasteiger charge is -2.22. The van der Waals surface area contributed by atoms with Crippen molar-refractivity contribution >= 4 is 10.9 Å². The first-order chi connectivity index (χ1) is 8.26. The molecule has 17 heavy (non-hydrogen) atoms. The van der Waals surface area contributed by atoms with Crippen molar-refractivity contribution in [1.82, 2.24) is 10.4 Å². The first-order valence-electron chi connectivity index (χ1n) is 6.07. The molecule has 0 fully saturated rings. The van der Waals surface area contributed by atoms with E-state index in [1.807, 2.05) is 24.4 Å². The molecule has 2 rings (SSSR count). The summed E-state index contributed by atoms with van der Waals surface area (Å²) in [6.45, 7) is 4.36. The molecule has 0 aliphatic rings. The molecule has 90 valence electrons. The van der Waals surface area contributed by atoms with Gasteiger partial charge in [0.25, 0.3) is 0 Å². The van der Waals surface area contributed by atoms with Crippen LogP contribution in [0.2, 0.25) is 0 Å². The van der Waals surface area contributed by atoms with E-state index in [0.29, 0.717) is 5.92 Å². The number of pyridine rings is 1. The van der Waals surface area contributed by atoms with Crippen LogP contribution in [0.4, 0.5) is 0 Å². The molecule has 0 bridgehead atoms. The molecule has 0 saturated heterocycles. The molecule has 0 amide bonds. The maximum atomic E-state index is 5.65. The highest BCUT2D eigenvalue weighted by atomic mass is 15.2. The van der Waals surface area contributed by atoms with Gasteiger partial charge in [-0.3, -0.25) is 16.3 Å². The molecule has 3 nitrogen and oxygen atoms in total. The van der Waals surface area contributed by atoms with E-state index in [2.05, 4.69) is 36.4 Å². The molecule has 1 heterocycles. The molecular weight excluding hydrogens is 210 g/mol. The molecular formula is C14H19N3. The maximum absolute atomic E-state index is 5.65. The standard InChI is InChI=1S/C14H19N3/c1-3-10(2)14(17-15)12-8-11-6-4-5-7-13(11)16-9-12/h4-10,14,17H,3,15H2,1-2H3. The van der Waals surface area contributed by atoms with Gasteiger partial charge in [0.05, 0.1) is 11.6 Å². The molecule has 1 aromatic heterocycles. The average Bonchev–Trinajstić information content (AvgIpc) is 2.39. The molecule has 3 heteroatoms. The molecule has 0 radical (unpaired) electrons. The zero-order chi connectivity index (χ0) is 12.3. The lowest BCUT2D eigenvalue weighted by molar-refractivity contribution is 0.382. The van der Waals surface area contributed by atoms with E-state index >= 15 is 0 Å². The van der Waals surface area contributed by atoms with Crippen molar-refractivity contribution in [3.05, 3.63) is 42.1 Å². The Morgan fingerprint density at radius 3 is 2.82 bits per heavy atom. The van der Waals surface area contributed by atoms with Gasteiger partial charge >= 0.3 is 0 Å². The van der Waals surface area contributed by atoms with Gasteiger partial charge in [0.1, 0.15) is 0 Å². The number of fused-ring (bicyclic) bond motifs is 1. The summed E-state index contributed by atoms with van der Waals surface area (Å²) in [4.78, 5) is 4.47. The van der Waals surface area contributed by atoms with Gasteiger partial charge in [-0.25, -0.2) is 0 Å². The summed E-state index contributed by atoms with van der Waals surface area (Å²) in [5.74, 6) is 6.14. The number of nitrogens with two attached hydrogens (primary N) is 1. The topological polar surface area (TPSA) is 50.9 Å². The number of rotatable bonds is 4. The summed E-state index contributed by atoms with van der Waals surface area (Å²) >= 11 is 0. The van der Waals surface area contributed by atoms with Crippen LogP contribution >= 0.6 is 0 Å². The Hall–Kier alpha value is -1.45.